The van der Waals surface area contributed by atoms with E-state index in [1.54, 1.807) is 0 Å². The Labute approximate surface area is 88.1 Å². The van der Waals surface area contributed by atoms with E-state index in [9.17, 15) is 0 Å². The summed E-state index contributed by atoms with van der Waals surface area (Å²) in [4.78, 5) is 9.17. The zero-order valence-electron chi connectivity index (χ0n) is 10.4. The van der Waals surface area contributed by atoms with Crippen molar-refractivity contribution in [3.8, 4) is 0 Å². The first-order valence-electron chi connectivity index (χ1n) is 5.24. The maximum atomic E-state index is 2.33. The normalized spacial score (nSPS) is 35.6. The third-order valence-corrected chi connectivity index (χ3v) is 3.32. The van der Waals surface area contributed by atoms with Crippen molar-refractivity contribution in [2.75, 3.05) is 41.5 Å². The molecule has 0 aromatic carbocycles. The first-order valence-corrected chi connectivity index (χ1v) is 5.24. The lowest BCUT2D eigenvalue weighted by atomic mass is 10.2. The Morgan fingerprint density at radius 2 is 1.00 bits per heavy atom. The van der Waals surface area contributed by atoms with Gasteiger partial charge < -0.3 is 0 Å². The van der Waals surface area contributed by atoms with E-state index in [0.29, 0.717) is 12.3 Å². The molecule has 0 aliphatic carbocycles. The summed E-state index contributed by atoms with van der Waals surface area (Å²) in [5.74, 6) is 0. The maximum Gasteiger partial charge on any atom is 0.0614 e. The molecular formula is C10H24N4. The third-order valence-electron chi connectivity index (χ3n) is 3.32. The second kappa shape index (κ2) is 4.57. The Bertz CT molecular complexity index is 141. The Morgan fingerprint density at radius 1 is 0.714 bits per heavy atom. The summed E-state index contributed by atoms with van der Waals surface area (Å²) in [6.07, 6.45) is 1.29. The maximum absolute atomic E-state index is 2.33. The van der Waals surface area contributed by atoms with Gasteiger partial charge in [-0.15, -0.1) is 0 Å². The van der Waals surface area contributed by atoms with Crippen molar-refractivity contribution < 1.29 is 0 Å². The van der Waals surface area contributed by atoms with Crippen LogP contribution in [0.1, 0.15) is 13.8 Å². The zero-order chi connectivity index (χ0) is 10.9. The quantitative estimate of drug-likeness (QED) is 0.559. The van der Waals surface area contributed by atoms with Crippen LogP contribution >= 0.6 is 0 Å². The highest BCUT2D eigenvalue weighted by Crippen LogP contribution is 2.20. The van der Waals surface area contributed by atoms with Crippen LogP contribution in [0, 0.1) is 0 Å². The molecule has 2 aliphatic heterocycles. The predicted molar refractivity (Wildman–Crippen MR) is 59.7 cm³/mol. The first-order chi connectivity index (χ1) is 6.43. The summed E-state index contributed by atoms with van der Waals surface area (Å²) in [6.45, 7) is 6.69. The van der Waals surface area contributed by atoms with Crippen LogP contribution in [0.2, 0.25) is 0 Å². The van der Waals surface area contributed by atoms with E-state index >= 15 is 0 Å². The Balaban J connectivity index is 0.000000146. The predicted octanol–water partition coefficient (Wildman–Crippen LogP) is 0.334. The highest BCUT2D eigenvalue weighted by atomic mass is 15.5. The average molecular weight is 200 g/mol. The van der Waals surface area contributed by atoms with Crippen molar-refractivity contribution in [3.05, 3.63) is 0 Å². The van der Waals surface area contributed by atoms with Crippen LogP contribution in [0.5, 0.6) is 0 Å². The van der Waals surface area contributed by atoms with E-state index in [4.69, 9.17) is 0 Å². The third kappa shape index (κ3) is 2.45. The van der Waals surface area contributed by atoms with Crippen molar-refractivity contribution in [3.63, 3.8) is 0 Å². The Morgan fingerprint density at radius 3 is 1.07 bits per heavy atom. The fourth-order valence-corrected chi connectivity index (χ4v) is 1.91. The first kappa shape index (κ1) is 11.9. The van der Waals surface area contributed by atoms with Crippen LogP contribution in [0.25, 0.3) is 0 Å². The van der Waals surface area contributed by atoms with E-state index in [-0.39, 0.29) is 0 Å². The van der Waals surface area contributed by atoms with Crippen molar-refractivity contribution >= 4 is 0 Å². The zero-order valence-corrected chi connectivity index (χ0v) is 10.4. The van der Waals surface area contributed by atoms with Gasteiger partial charge in [-0.05, 0) is 42.0 Å². The molecule has 2 aliphatic rings. The van der Waals surface area contributed by atoms with Gasteiger partial charge in [0.1, 0.15) is 0 Å². The number of nitrogens with zero attached hydrogens (tertiary/aromatic N) is 4. The van der Waals surface area contributed by atoms with Gasteiger partial charge in [0.2, 0.25) is 0 Å². The lowest BCUT2D eigenvalue weighted by molar-refractivity contribution is -0.123. The van der Waals surface area contributed by atoms with Crippen molar-refractivity contribution in [2.45, 2.75) is 26.2 Å². The van der Waals surface area contributed by atoms with E-state index < -0.39 is 0 Å². The molecule has 2 heterocycles. The molecule has 4 nitrogen and oxygen atoms in total. The molecule has 0 radical (unpaired) electrons. The summed E-state index contributed by atoms with van der Waals surface area (Å²) in [5.41, 5.74) is 0. The van der Waals surface area contributed by atoms with E-state index in [1.807, 2.05) is 0 Å². The van der Waals surface area contributed by atoms with E-state index in [2.05, 4.69) is 61.6 Å². The summed E-state index contributed by atoms with van der Waals surface area (Å²) >= 11 is 0. The summed E-state index contributed by atoms with van der Waals surface area (Å²) in [7, 11) is 8.52. The lowest BCUT2D eigenvalue weighted by Gasteiger charge is -2.51. The van der Waals surface area contributed by atoms with Crippen LogP contribution in [0.3, 0.4) is 0 Å². The summed E-state index contributed by atoms with van der Waals surface area (Å²) in [6, 6.07) is 0. The van der Waals surface area contributed by atoms with Gasteiger partial charge in [-0.1, -0.05) is 0 Å². The smallest absolute Gasteiger partial charge is 0.0614 e. The molecule has 0 amide bonds. The largest absolute Gasteiger partial charge is 0.280 e. The van der Waals surface area contributed by atoms with Gasteiger partial charge in [-0.2, -0.15) is 0 Å². The van der Waals surface area contributed by atoms with Crippen LogP contribution in [0.15, 0.2) is 0 Å². The minimum absolute atomic E-state index is 0.644. The van der Waals surface area contributed by atoms with Crippen molar-refractivity contribution in [1.29, 1.82) is 0 Å². The monoisotopic (exact) mass is 200 g/mol. The van der Waals surface area contributed by atoms with Gasteiger partial charge in [0.05, 0.1) is 25.7 Å². The van der Waals surface area contributed by atoms with Crippen LogP contribution in [0.4, 0.5) is 0 Å². The van der Waals surface area contributed by atoms with Gasteiger partial charge in [0, 0.05) is 0 Å². The van der Waals surface area contributed by atoms with Crippen LogP contribution in [-0.2, 0) is 0 Å². The standard InChI is InChI=1S/C6H14N2.C4H10N2/c1-5-7(3)6(2)8(5)4;1-5-3-6(2)4-5/h5-6H,1-4H3;3-4H2,1-2H3. The second-order valence-electron chi connectivity index (χ2n) is 4.59. The fourth-order valence-electron chi connectivity index (χ4n) is 1.91. The van der Waals surface area contributed by atoms with E-state index in [1.165, 1.54) is 0 Å². The van der Waals surface area contributed by atoms with Gasteiger partial charge in [0.25, 0.3) is 0 Å². The Kier molecular flexibility index (Phi) is 3.89. The lowest BCUT2D eigenvalue weighted by Crippen LogP contribution is -2.65. The van der Waals surface area contributed by atoms with Crippen LogP contribution in [-0.4, -0.2) is 73.5 Å². The second-order valence-corrected chi connectivity index (χ2v) is 4.59. The molecule has 2 fully saturated rings. The summed E-state index contributed by atoms with van der Waals surface area (Å²) < 4.78 is 0. The molecule has 0 aromatic rings. The van der Waals surface area contributed by atoms with Crippen molar-refractivity contribution in [1.82, 2.24) is 19.6 Å². The molecule has 0 aromatic heterocycles. The molecule has 4 heteroatoms. The molecule has 0 atom stereocenters. The molecule has 2 rings (SSSR count). The highest BCUT2D eigenvalue weighted by Gasteiger charge is 2.33. The minimum atomic E-state index is 0.644. The molecule has 0 N–H and O–H groups in total. The van der Waals surface area contributed by atoms with Gasteiger partial charge in [0.15, 0.2) is 0 Å². The SMILES string of the molecule is CC1N(C)C(C)N1C.CN1CN(C)C1. The Hall–Kier alpha value is -0.160. The molecular weight excluding hydrogens is 176 g/mol. The van der Waals surface area contributed by atoms with Gasteiger partial charge in [-0.3, -0.25) is 19.6 Å². The summed E-state index contributed by atoms with van der Waals surface area (Å²) in [5, 5.41) is 0. The number of hydrogen-bond donors (Lipinski definition) is 0. The van der Waals surface area contributed by atoms with E-state index in [0.717, 1.165) is 13.3 Å². The van der Waals surface area contributed by atoms with Crippen molar-refractivity contribution in [2.24, 2.45) is 0 Å². The number of rotatable bonds is 0. The number of hydrogen-bond acceptors (Lipinski definition) is 4. The molecule has 2 saturated heterocycles. The van der Waals surface area contributed by atoms with Gasteiger partial charge in [-0.25, -0.2) is 0 Å². The average Bonchev–Trinajstić information content (AvgIpc) is 2.14. The highest BCUT2D eigenvalue weighted by molar-refractivity contribution is 4.80. The van der Waals surface area contributed by atoms with Gasteiger partial charge >= 0.3 is 0 Å². The minimum Gasteiger partial charge on any atom is -0.280 e. The van der Waals surface area contributed by atoms with Crippen LogP contribution < -0.4 is 0 Å². The molecule has 14 heavy (non-hydrogen) atoms. The topological polar surface area (TPSA) is 13.0 Å². The molecule has 0 bridgehead atoms. The fraction of sp³-hybridized carbons (Fsp3) is 1.00. The molecule has 84 valence electrons. The molecule has 0 unspecified atom stereocenters. The molecule has 0 saturated carbocycles. The molecule has 0 spiro atoms.